The molecular formula is C7H8NO2. The maximum absolute atomic E-state index is 8.74. The van der Waals surface area contributed by atoms with Crippen LogP contribution in [-0.4, -0.2) is 16.4 Å². The monoisotopic (exact) mass is 138 g/mol. The largest absolute Gasteiger partial charge is 0.463 e. The third-order valence-corrected chi connectivity index (χ3v) is 0.880. The van der Waals surface area contributed by atoms with Crippen LogP contribution in [0.4, 0.5) is 0 Å². The summed E-state index contributed by atoms with van der Waals surface area (Å²) in [4.78, 5) is 3.68. The minimum Gasteiger partial charge on any atom is -0.463 e. The summed E-state index contributed by atoms with van der Waals surface area (Å²) in [6, 6.07) is 3.40. The van der Waals surface area contributed by atoms with Crippen LogP contribution in [0.25, 0.3) is 0 Å². The molecule has 1 unspecified atom stereocenters. The van der Waals surface area contributed by atoms with Gasteiger partial charge in [-0.3, -0.25) is 4.98 Å². The lowest BCUT2D eigenvalue weighted by molar-refractivity contribution is -0.000775. The Hall–Kier alpha value is -1.09. The first-order chi connectivity index (χ1) is 4.79. The minimum absolute atomic E-state index is 0.456. The van der Waals surface area contributed by atoms with Gasteiger partial charge in [-0.05, 0) is 19.1 Å². The number of aliphatic hydroxyl groups is 1. The van der Waals surface area contributed by atoms with Gasteiger partial charge in [0.05, 0.1) is 0 Å². The molecule has 0 fully saturated rings. The van der Waals surface area contributed by atoms with Crippen LogP contribution in [0.15, 0.2) is 18.3 Å². The van der Waals surface area contributed by atoms with E-state index < -0.39 is 6.29 Å². The Morgan fingerprint density at radius 3 is 3.10 bits per heavy atom. The van der Waals surface area contributed by atoms with Crippen molar-refractivity contribution < 1.29 is 9.84 Å². The predicted molar refractivity (Wildman–Crippen MR) is 35.4 cm³/mol. The van der Waals surface area contributed by atoms with Crippen LogP contribution in [0.5, 0.6) is 5.75 Å². The molecule has 1 N–H and O–H groups in total. The van der Waals surface area contributed by atoms with Crippen LogP contribution in [0.1, 0.15) is 6.92 Å². The molecule has 3 nitrogen and oxygen atoms in total. The van der Waals surface area contributed by atoms with Gasteiger partial charge in [0.2, 0.25) is 0 Å². The zero-order chi connectivity index (χ0) is 7.40. The standard InChI is InChI=1S/C7H8NO2/c1-6(9)10-7-3-2-4-8-5-7/h2-4,6,9H,1H3. The zero-order valence-electron chi connectivity index (χ0n) is 5.61. The zero-order valence-corrected chi connectivity index (χ0v) is 5.61. The van der Waals surface area contributed by atoms with E-state index >= 15 is 0 Å². The fraction of sp³-hybridized carbons (Fsp3) is 0.286. The van der Waals surface area contributed by atoms with Crippen LogP contribution in [0.3, 0.4) is 0 Å². The van der Waals surface area contributed by atoms with Crippen molar-refractivity contribution in [3.63, 3.8) is 0 Å². The van der Waals surface area contributed by atoms with Crippen LogP contribution in [0.2, 0.25) is 0 Å². The van der Waals surface area contributed by atoms with Gasteiger partial charge in [-0.1, -0.05) is 0 Å². The third kappa shape index (κ3) is 2.03. The summed E-state index contributed by atoms with van der Waals surface area (Å²) >= 11 is 0. The highest BCUT2D eigenvalue weighted by Crippen LogP contribution is 2.06. The molecule has 10 heavy (non-hydrogen) atoms. The SMILES string of the molecule is CC(O)Oc1[c]nccc1. The molecule has 0 saturated heterocycles. The molecule has 0 aliphatic heterocycles. The number of aliphatic hydroxyl groups excluding tert-OH is 1. The van der Waals surface area contributed by atoms with Gasteiger partial charge in [-0.25, -0.2) is 0 Å². The van der Waals surface area contributed by atoms with E-state index in [-0.39, 0.29) is 0 Å². The molecular weight excluding hydrogens is 130 g/mol. The van der Waals surface area contributed by atoms with Crippen molar-refractivity contribution >= 4 is 0 Å². The Kier molecular flexibility index (Phi) is 2.23. The van der Waals surface area contributed by atoms with E-state index in [1.165, 1.54) is 6.92 Å². The Bertz CT molecular complexity index is 186. The maximum Gasteiger partial charge on any atom is 0.194 e. The molecule has 0 saturated carbocycles. The highest BCUT2D eigenvalue weighted by Gasteiger charge is 1.95. The van der Waals surface area contributed by atoms with Gasteiger partial charge in [-0.2, -0.15) is 0 Å². The van der Waals surface area contributed by atoms with E-state index in [2.05, 4.69) is 11.2 Å². The number of aromatic nitrogens is 1. The number of hydrogen-bond donors (Lipinski definition) is 1. The fourth-order valence-corrected chi connectivity index (χ4v) is 0.561. The van der Waals surface area contributed by atoms with E-state index in [0.717, 1.165) is 0 Å². The van der Waals surface area contributed by atoms with Crippen molar-refractivity contribution in [1.82, 2.24) is 4.98 Å². The molecule has 1 atom stereocenters. The number of nitrogens with zero attached hydrogens (tertiary/aromatic N) is 1. The number of rotatable bonds is 2. The van der Waals surface area contributed by atoms with Gasteiger partial charge in [0.15, 0.2) is 12.0 Å². The van der Waals surface area contributed by atoms with Crippen LogP contribution >= 0.6 is 0 Å². The molecule has 0 aromatic carbocycles. The molecule has 0 spiro atoms. The van der Waals surface area contributed by atoms with Crippen LogP contribution in [0, 0.1) is 6.20 Å². The molecule has 0 aliphatic carbocycles. The smallest absolute Gasteiger partial charge is 0.194 e. The number of ether oxygens (including phenoxy) is 1. The maximum atomic E-state index is 8.74. The van der Waals surface area contributed by atoms with Gasteiger partial charge < -0.3 is 9.84 Å². The van der Waals surface area contributed by atoms with Gasteiger partial charge in [0, 0.05) is 6.20 Å². The molecule has 3 heteroatoms. The van der Waals surface area contributed by atoms with Crippen molar-refractivity contribution in [2.45, 2.75) is 13.2 Å². The second-order valence-electron chi connectivity index (χ2n) is 1.83. The van der Waals surface area contributed by atoms with Crippen molar-refractivity contribution in [2.75, 3.05) is 0 Å². The van der Waals surface area contributed by atoms with Crippen LogP contribution < -0.4 is 4.74 Å². The van der Waals surface area contributed by atoms with Gasteiger partial charge in [0.1, 0.15) is 6.20 Å². The first kappa shape index (κ1) is 7.02. The highest BCUT2D eigenvalue weighted by molar-refractivity contribution is 5.13. The number of pyridine rings is 1. The van der Waals surface area contributed by atoms with E-state index in [1.54, 1.807) is 18.3 Å². The summed E-state index contributed by atoms with van der Waals surface area (Å²) in [7, 11) is 0. The van der Waals surface area contributed by atoms with Crippen molar-refractivity contribution in [3.8, 4) is 5.75 Å². The molecule has 0 amide bonds. The molecule has 1 aromatic rings. The van der Waals surface area contributed by atoms with E-state index in [0.29, 0.717) is 5.75 Å². The average molecular weight is 138 g/mol. The Morgan fingerprint density at radius 1 is 1.80 bits per heavy atom. The van der Waals surface area contributed by atoms with Crippen molar-refractivity contribution in [3.05, 3.63) is 24.5 Å². The Labute approximate surface area is 59.3 Å². The quantitative estimate of drug-likeness (QED) is 0.608. The first-order valence-electron chi connectivity index (χ1n) is 2.96. The molecule has 53 valence electrons. The Balaban J connectivity index is 2.59. The summed E-state index contributed by atoms with van der Waals surface area (Å²) in [5, 5.41) is 8.74. The lowest BCUT2D eigenvalue weighted by atomic mass is 10.5. The van der Waals surface area contributed by atoms with E-state index in [4.69, 9.17) is 9.84 Å². The summed E-state index contributed by atoms with van der Waals surface area (Å²) < 4.78 is 4.85. The summed E-state index contributed by atoms with van der Waals surface area (Å²) in [6.45, 7) is 1.53. The van der Waals surface area contributed by atoms with Crippen molar-refractivity contribution in [2.24, 2.45) is 0 Å². The van der Waals surface area contributed by atoms with Crippen LogP contribution in [-0.2, 0) is 0 Å². The predicted octanol–water partition coefficient (Wildman–Crippen LogP) is 0.599. The lowest BCUT2D eigenvalue weighted by Gasteiger charge is -2.05. The molecule has 0 bridgehead atoms. The van der Waals surface area contributed by atoms with Gasteiger partial charge >= 0.3 is 0 Å². The summed E-state index contributed by atoms with van der Waals surface area (Å²) in [6.07, 6.45) is 3.35. The minimum atomic E-state index is -0.805. The fourth-order valence-electron chi connectivity index (χ4n) is 0.561. The summed E-state index contributed by atoms with van der Waals surface area (Å²) in [5.74, 6) is 0.456. The average Bonchev–Trinajstić information content (AvgIpc) is 1.88. The molecule has 0 aliphatic rings. The van der Waals surface area contributed by atoms with E-state index in [1.807, 2.05) is 0 Å². The van der Waals surface area contributed by atoms with Gasteiger partial charge in [-0.15, -0.1) is 0 Å². The summed E-state index contributed by atoms with van der Waals surface area (Å²) in [5.41, 5.74) is 0. The molecule has 1 heterocycles. The lowest BCUT2D eigenvalue weighted by Crippen LogP contribution is -2.09. The second kappa shape index (κ2) is 3.17. The molecule has 1 rings (SSSR count). The second-order valence-corrected chi connectivity index (χ2v) is 1.83. The first-order valence-corrected chi connectivity index (χ1v) is 2.96. The normalized spacial score (nSPS) is 12.6. The third-order valence-electron chi connectivity index (χ3n) is 0.880. The number of hydrogen-bond acceptors (Lipinski definition) is 3. The Morgan fingerprint density at radius 2 is 2.60 bits per heavy atom. The van der Waals surface area contributed by atoms with E-state index in [9.17, 15) is 0 Å². The van der Waals surface area contributed by atoms with Crippen molar-refractivity contribution in [1.29, 1.82) is 0 Å². The highest BCUT2D eigenvalue weighted by atomic mass is 16.6. The molecule has 1 aromatic heterocycles. The van der Waals surface area contributed by atoms with Gasteiger partial charge in [0.25, 0.3) is 0 Å². The molecule has 1 radical (unpaired) electrons. The topological polar surface area (TPSA) is 42.4 Å².